The molecule has 0 radical (unpaired) electrons. The quantitative estimate of drug-likeness (QED) is 0.144. The summed E-state index contributed by atoms with van der Waals surface area (Å²) in [7, 11) is 0. The normalized spacial score (nSPS) is 16.2. The highest BCUT2D eigenvalue weighted by Gasteiger charge is 2.31. The van der Waals surface area contributed by atoms with Crippen molar-refractivity contribution in [3.8, 4) is 0 Å². The monoisotopic (exact) mass is 462 g/mol. The van der Waals surface area contributed by atoms with Gasteiger partial charge in [-0.2, -0.15) is 15.0 Å². The molecular weight excluding hydrogens is 432 g/mol. The van der Waals surface area contributed by atoms with Gasteiger partial charge in [-0.3, -0.25) is 14.7 Å². The zero-order chi connectivity index (χ0) is 25.3. The van der Waals surface area contributed by atoms with Crippen molar-refractivity contribution in [2.45, 2.75) is 37.4 Å². The Morgan fingerprint density at radius 2 is 0.576 bits per heavy atom. The van der Waals surface area contributed by atoms with Gasteiger partial charge >= 0.3 is 0 Å². The van der Waals surface area contributed by atoms with Crippen LogP contribution in [0, 0.1) is 0 Å². The van der Waals surface area contributed by atoms with Crippen molar-refractivity contribution in [3.63, 3.8) is 0 Å². The molecule has 0 aromatic carbocycles. The van der Waals surface area contributed by atoms with Crippen LogP contribution < -0.4 is 14.7 Å². The highest BCUT2D eigenvalue weighted by atomic mass is 16.3. The van der Waals surface area contributed by atoms with E-state index in [2.05, 4.69) is 54.4 Å². The fraction of sp³-hybridized carbons (Fsp3) is 0.286. The molecule has 0 aliphatic rings. The second kappa shape index (κ2) is 12.6. The predicted molar refractivity (Wildman–Crippen MR) is 124 cm³/mol. The molecule has 33 heavy (non-hydrogen) atoms. The maximum atomic E-state index is 10.4. The standard InChI is InChI=1S/C21H30N6O6/c1-7-13(28)25(14(29)8-2)19-22-20(26(15(30)9-3)16(31)10-4)24-21(23-19)27(17(32)11-5)18(33)12-6/h7-18,28-33H,1-6H2. The van der Waals surface area contributed by atoms with Crippen molar-refractivity contribution in [2.75, 3.05) is 14.7 Å². The van der Waals surface area contributed by atoms with Crippen LogP contribution in [0.15, 0.2) is 75.9 Å². The Bertz CT molecular complexity index is 704. The van der Waals surface area contributed by atoms with Gasteiger partial charge < -0.3 is 30.6 Å². The fourth-order valence-electron chi connectivity index (χ4n) is 2.55. The van der Waals surface area contributed by atoms with Crippen LogP contribution in [0.25, 0.3) is 0 Å². The lowest BCUT2D eigenvalue weighted by Gasteiger charge is -2.34. The van der Waals surface area contributed by atoms with E-state index in [1.807, 2.05) is 0 Å². The summed E-state index contributed by atoms with van der Waals surface area (Å²) in [5, 5.41) is 62.2. The summed E-state index contributed by atoms with van der Waals surface area (Å²) in [4.78, 5) is 15.0. The molecule has 1 heterocycles. The minimum atomic E-state index is -1.52. The highest BCUT2D eigenvalue weighted by Crippen LogP contribution is 2.26. The van der Waals surface area contributed by atoms with Gasteiger partial charge in [-0.05, 0) is 36.5 Å². The van der Waals surface area contributed by atoms with Gasteiger partial charge in [0.15, 0.2) is 37.4 Å². The van der Waals surface area contributed by atoms with E-state index in [1.54, 1.807) is 0 Å². The Hall–Kier alpha value is -3.39. The van der Waals surface area contributed by atoms with Gasteiger partial charge in [-0.25, -0.2) is 0 Å². The van der Waals surface area contributed by atoms with Gasteiger partial charge in [0.25, 0.3) is 0 Å². The summed E-state index contributed by atoms with van der Waals surface area (Å²) in [5.74, 6) is -1.19. The van der Waals surface area contributed by atoms with Crippen molar-refractivity contribution in [3.05, 3.63) is 75.9 Å². The van der Waals surface area contributed by atoms with Crippen LogP contribution in [0.4, 0.5) is 17.8 Å². The highest BCUT2D eigenvalue weighted by molar-refractivity contribution is 5.50. The molecule has 0 amide bonds. The average Bonchev–Trinajstić information content (AvgIpc) is 2.83. The van der Waals surface area contributed by atoms with Crippen LogP contribution in [0.5, 0.6) is 0 Å². The maximum Gasteiger partial charge on any atom is 0.236 e. The number of rotatable bonds is 15. The van der Waals surface area contributed by atoms with E-state index in [0.29, 0.717) is 0 Å². The summed E-state index contributed by atoms with van der Waals surface area (Å²) in [6.07, 6.45) is -2.72. The fourth-order valence-corrected chi connectivity index (χ4v) is 2.55. The Kier molecular flexibility index (Phi) is 10.6. The molecule has 12 heteroatoms. The van der Waals surface area contributed by atoms with Gasteiger partial charge in [0.2, 0.25) is 17.8 Å². The number of anilines is 3. The minimum absolute atomic E-state index is 0.398. The molecule has 0 saturated carbocycles. The largest absolute Gasteiger partial charge is 0.370 e. The van der Waals surface area contributed by atoms with E-state index in [4.69, 9.17) is 0 Å². The predicted octanol–water partition coefficient (Wildman–Crippen LogP) is -0.683. The van der Waals surface area contributed by atoms with Crippen molar-refractivity contribution in [1.29, 1.82) is 0 Å². The molecule has 1 aromatic rings. The summed E-state index contributed by atoms with van der Waals surface area (Å²) >= 11 is 0. The minimum Gasteiger partial charge on any atom is -0.370 e. The third-order valence-corrected chi connectivity index (χ3v) is 4.27. The molecule has 6 N–H and O–H groups in total. The maximum absolute atomic E-state index is 10.4. The average molecular weight is 463 g/mol. The molecule has 1 rings (SSSR count). The van der Waals surface area contributed by atoms with Crippen LogP contribution in [0.2, 0.25) is 0 Å². The zero-order valence-corrected chi connectivity index (χ0v) is 18.0. The molecule has 0 fully saturated rings. The third-order valence-electron chi connectivity index (χ3n) is 4.27. The Morgan fingerprint density at radius 1 is 0.424 bits per heavy atom. The molecule has 1 aromatic heterocycles. The van der Waals surface area contributed by atoms with Crippen LogP contribution >= 0.6 is 0 Å². The van der Waals surface area contributed by atoms with Crippen molar-refractivity contribution in [1.82, 2.24) is 15.0 Å². The van der Waals surface area contributed by atoms with E-state index in [9.17, 15) is 30.6 Å². The molecular formula is C21H30N6O6. The summed E-state index contributed by atoms with van der Waals surface area (Å²) in [6.45, 7) is 20.8. The summed E-state index contributed by atoms with van der Waals surface area (Å²) < 4.78 is 0. The molecule has 6 atom stereocenters. The number of hydrogen-bond acceptors (Lipinski definition) is 12. The second-order valence-corrected chi connectivity index (χ2v) is 6.35. The zero-order valence-electron chi connectivity index (χ0n) is 18.0. The van der Waals surface area contributed by atoms with E-state index in [-0.39, 0.29) is 0 Å². The Balaban J connectivity index is 3.99. The first-order valence-electron chi connectivity index (χ1n) is 9.56. The van der Waals surface area contributed by atoms with E-state index in [1.165, 1.54) is 0 Å². The summed E-state index contributed by atoms with van der Waals surface area (Å²) in [6, 6.07) is 0. The second-order valence-electron chi connectivity index (χ2n) is 6.35. The molecule has 0 aliphatic carbocycles. The van der Waals surface area contributed by atoms with Gasteiger partial charge in [0.1, 0.15) is 0 Å². The van der Waals surface area contributed by atoms with Crippen molar-refractivity contribution < 1.29 is 30.6 Å². The van der Waals surface area contributed by atoms with Gasteiger partial charge in [0.05, 0.1) is 0 Å². The van der Waals surface area contributed by atoms with Gasteiger partial charge in [-0.15, -0.1) is 0 Å². The lowest BCUT2D eigenvalue weighted by Crippen LogP contribution is -2.47. The van der Waals surface area contributed by atoms with Crippen LogP contribution in [-0.4, -0.2) is 83.0 Å². The first kappa shape index (κ1) is 27.6. The first-order chi connectivity index (χ1) is 15.6. The summed E-state index contributed by atoms with van der Waals surface area (Å²) in [5.41, 5.74) is 0. The molecule has 12 nitrogen and oxygen atoms in total. The van der Waals surface area contributed by atoms with Crippen LogP contribution in [0.3, 0.4) is 0 Å². The first-order valence-corrected chi connectivity index (χ1v) is 9.56. The van der Waals surface area contributed by atoms with Crippen LogP contribution in [0.1, 0.15) is 0 Å². The smallest absolute Gasteiger partial charge is 0.236 e. The van der Waals surface area contributed by atoms with E-state index < -0.39 is 55.2 Å². The third kappa shape index (κ3) is 6.32. The Labute approximate surface area is 192 Å². The SMILES string of the molecule is C=CC(O)N(c1nc(N(C(O)C=C)C(O)C=C)nc(N(C(O)C=C)C(O)C=C)n1)C(O)C=C. The number of hydrogen-bond donors (Lipinski definition) is 6. The van der Waals surface area contributed by atoms with Gasteiger partial charge in [0, 0.05) is 0 Å². The van der Waals surface area contributed by atoms with E-state index in [0.717, 1.165) is 51.2 Å². The number of aliphatic hydroxyl groups is 6. The Morgan fingerprint density at radius 3 is 0.697 bits per heavy atom. The molecule has 0 aliphatic heterocycles. The van der Waals surface area contributed by atoms with Crippen molar-refractivity contribution >= 4 is 17.8 Å². The van der Waals surface area contributed by atoms with E-state index >= 15 is 0 Å². The van der Waals surface area contributed by atoms with Crippen molar-refractivity contribution in [2.24, 2.45) is 0 Å². The molecule has 6 unspecified atom stereocenters. The number of aliphatic hydroxyl groups excluding tert-OH is 6. The lowest BCUT2D eigenvalue weighted by molar-refractivity contribution is 0.128. The molecule has 180 valence electrons. The lowest BCUT2D eigenvalue weighted by atomic mass is 10.3. The number of aromatic nitrogens is 3. The molecule has 0 bridgehead atoms. The number of nitrogens with zero attached hydrogens (tertiary/aromatic N) is 6. The topological polar surface area (TPSA) is 170 Å². The van der Waals surface area contributed by atoms with Gasteiger partial charge in [-0.1, -0.05) is 39.5 Å². The molecule has 0 spiro atoms. The molecule has 0 saturated heterocycles. The van der Waals surface area contributed by atoms with Crippen LogP contribution in [-0.2, 0) is 0 Å².